The van der Waals surface area contributed by atoms with Gasteiger partial charge in [0.2, 0.25) is 5.91 Å². The zero-order valence-corrected chi connectivity index (χ0v) is 9.51. The van der Waals surface area contributed by atoms with Gasteiger partial charge in [0.25, 0.3) is 0 Å². The minimum Gasteiger partial charge on any atom is -0.489 e. The van der Waals surface area contributed by atoms with Crippen LogP contribution < -0.4 is 10.1 Å². The third-order valence-electron chi connectivity index (χ3n) is 3.50. The number of halogens is 1. The Morgan fingerprint density at radius 3 is 2.88 bits per heavy atom. The minimum atomic E-state index is -0.317. The lowest BCUT2D eigenvalue weighted by Crippen LogP contribution is -2.45. The fourth-order valence-electron chi connectivity index (χ4n) is 2.26. The molecule has 1 fully saturated rings. The predicted octanol–water partition coefficient (Wildman–Crippen LogP) is 2.84. The molecule has 0 atom stereocenters. The molecule has 0 aromatic heterocycles. The third-order valence-corrected chi connectivity index (χ3v) is 3.80. The molecule has 1 aliphatic carbocycles. The van der Waals surface area contributed by atoms with E-state index in [9.17, 15) is 4.79 Å². The van der Waals surface area contributed by atoms with Crippen molar-refractivity contribution in [2.45, 2.75) is 19.3 Å². The molecule has 1 aromatic carbocycles. The predicted molar refractivity (Wildman–Crippen MR) is 61.9 cm³/mol. The van der Waals surface area contributed by atoms with Crippen molar-refractivity contribution in [3.63, 3.8) is 0 Å². The molecule has 0 unspecified atom stereocenters. The molecule has 0 bridgehead atoms. The largest absolute Gasteiger partial charge is 0.489 e. The van der Waals surface area contributed by atoms with Crippen molar-refractivity contribution in [2.24, 2.45) is 5.41 Å². The number of hydrogen-bond donors (Lipinski definition) is 1. The molecule has 3 nitrogen and oxygen atoms in total. The molecule has 4 heteroatoms. The lowest BCUT2D eigenvalue weighted by molar-refractivity contribution is -0.132. The molecule has 3 rings (SSSR count). The Morgan fingerprint density at radius 2 is 2.19 bits per heavy atom. The molecular formula is C12H12ClNO2. The van der Waals surface area contributed by atoms with Gasteiger partial charge in [-0.2, -0.15) is 0 Å². The van der Waals surface area contributed by atoms with E-state index in [1.165, 1.54) is 0 Å². The van der Waals surface area contributed by atoms with Crippen molar-refractivity contribution < 1.29 is 9.53 Å². The topological polar surface area (TPSA) is 38.3 Å². The van der Waals surface area contributed by atoms with Gasteiger partial charge in [0, 0.05) is 0 Å². The summed E-state index contributed by atoms with van der Waals surface area (Å²) in [5, 5.41) is 3.46. The van der Waals surface area contributed by atoms with Gasteiger partial charge in [-0.15, -0.1) is 0 Å². The van der Waals surface area contributed by atoms with Gasteiger partial charge in [-0.3, -0.25) is 4.79 Å². The molecule has 1 heterocycles. The van der Waals surface area contributed by atoms with Gasteiger partial charge in [0.1, 0.15) is 6.61 Å². The number of para-hydroxylation sites is 1. The maximum Gasteiger partial charge on any atom is 0.234 e. The summed E-state index contributed by atoms with van der Waals surface area (Å²) in [5.41, 5.74) is 0.365. The zero-order chi connectivity index (χ0) is 11.2. The van der Waals surface area contributed by atoms with E-state index in [1.54, 1.807) is 6.07 Å². The van der Waals surface area contributed by atoms with E-state index < -0.39 is 0 Å². The molecule has 1 aromatic rings. The number of carbonyl (C=O) groups is 1. The highest BCUT2D eigenvalue weighted by Gasteiger charge is 2.46. The van der Waals surface area contributed by atoms with Crippen molar-refractivity contribution in [3.05, 3.63) is 23.2 Å². The van der Waals surface area contributed by atoms with Crippen LogP contribution in [0.1, 0.15) is 19.3 Å². The van der Waals surface area contributed by atoms with E-state index in [2.05, 4.69) is 5.32 Å². The summed E-state index contributed by atoms with van der Waals surface area (Å²) >= 11 is 6.04. The average molecular weight is 238 g/mol. The zero-order valence-electron chi connectivity index (χ0n) is 8.75. The number of anilines is 1. The molecule has 1 N–H and O–H groups in total. The van der Waals surface area contributed by atoms with E-state index in [0.29, 0.717) is 23.1 Å². The third kappa shape index (κ3) is 1.31. The van der Waals surface area contributed by atoms with E-state index in [4.69, 9.17) is 16.3 Å². The minimum absolute atomic E-state index is 0.0692. The number of hydrogen-bond acceptors (Lipinski definition) is 2. The van der Waals surface area contributed by atoms with Crippen LogP contribution in [0.15, 0.2) is 18.2 Å². The van der Waals surface area contributed by atoms with Crippen molar-refractivity contribution in [1.29, 1.82) is 0 Å². The van der Waals surface area contributed by atoms with Crippen molar-refractivity contribution >= 4 is 23.2 Å². The maximum atomic E-state index is 12.1. The smallest absolute Gasteiger partial charge is 0.234 e. The summed E-state index contributed by atoms with van der Waals surface area (Å²) in [5.74, 6) is 0.668. The second-order valence-electron chi connectivity index (χ2n) is 4.49. The number of rotatable bonds is 0. The molecule has 1 spiro atoms. The standard InChI is InChI=1S/C12H12ClNO2/c13-8-3-1-4-9-10(8)16-7-12(5-2-6-12)11(15)14-9/h1,3-4H,2,5-7H2,(H,14,15). The number of nitrogens with one attached hydrogen (secondary N) is 1. The van der Waals surface area contributed by atoms with Crippen LogP contribution >= 0.6 is 11.6 Å². The van der Waals surface area contributed by atoms with Crippen molar-refractivity contribution in [3.8, 4) is 5.75 Å². The number of carbonyl (C=O) groups excluding carboxylic acids is 1. The summed E-state index contributed by atoms with van der Waals surface area (Å²) in [7, 11) is 0. The van der Waals surface area contributed by atoms with Crippen LogP contribution in [0.25, 0.3) is 0 Å². The van der Waals surface area contributed by atoms with Gasteiger partial charge in [-0.05, 0) is 25.0 Å². The van der Waals surface area contributed by atoms with Gasteiger partial charge >= 0.3 is 0 Å². The molecular weight excluding hydrogens is 226 g/mol. The molecule has 1 aliphatic heterocycles. The van der Waals surface area contributed by atoms with Crippen LogP contribution in [0.5, 0.6) is 5.75 Å². The lowest BCUT2D eigenvalue weighted by atomic mass is 9.69. The quantitative estimate of drug-likeness (QED) is 0.754. The Labute approximate surface area is 98.7 Å². The van der Waals surface area contributed by atoms with E-state index in [1.807, 2.05) is 12.1 Å². The molecule has 16 heavy (non-hydrogen) atoms. The van der Waals surface area contributed by atoms with Gasteiger partial charge in [0.15, 0.2) is 5.75 Å². The number of ether oxygens (including phenoxy) is 1. The Morgan fingerprint density at radius 1 is 1.38 bits per heavy atom. The van der Waals surface area contributed by atoms with Crippen LogP contribution in [0.4, 0.5) is 5.69 Å². The van der Waals surface area contributed by atoms with Gasteiger partial charge < -0.3 is 10.1 Å². The molecule has 1 amide bonds. The summed E-state index contributed by atoms with van der Waals surface area (Å²) in [6.45, 7) is 0.440. The summed E-state index contributed by atoms with van der Waals surface area (Å²) in [6, 6.07) is 5.39. The molecule has 0 saturated heterocycles. The van der Waals surface area contributed by atoms with E-state index in [-0.39, 0.29) is 11.3 Å². The highest BCUT2D eigenvalue weighted by Crippen LogP contribution is 2.46. The van der Waals surface area contributed by atoms with Gasteiger partial charge in [-0.25, -0.2) is 0 Å². The Hall–Kier alpha value is -1.22. The second-order valence-corrected chi connectivity index (χ2v) is 4.90. The number of fused-ring (bicyclic) bond motifs is 1. The first-order chi connectivity index (χ1) is 7.71. The van der Waals surface area contributed by atoms with Crippen LogP contribution in [0.3, 0.4) is 0 Å². The molecule has 1 saturated carbocycles. The van der Waals surface area contributed by atoms with Crippen molar-refractivity contribution in [1.82, 2.24) is 0 Å². The van der Waals surface area contributed by atoms with Gasteiger partial charge in [-0.1, -0.05) is 24.1 Å². The summed E-state index contributed by atoms with van der Waals surface area (Å²) in [6.07, 6.45) is 2.91. The fraction of sp³-hybridized carbons (Fsp3) is 0.417. The van der Waals surface area contributed by atoms with E-state index in [0.717, 1.165) is 19.3 Å². The maximum absolute atomic E-state index is 12.1. The van der Waals surface area contributed by atoms with E-state index >= 15 is 0 Å². The van der Waals surface area contributed by atoms with Crippen LogP contribution in [-0.2, 0) is 4.79 Å². The molecule has 2 aliphatic rings. The number of benzene rings is 1. The Kier molecular flexibility index (Phi) is 2.11. The monoisotopic (exact) mass is 237 g/mol. The van der Waals surface area contributed by atoms with Crippen LogP contribution in [0.2, 0.25) is 5.02 Å². The summed E-state index contributed by atoms with van der Waals surface area (Å²) in [4.78, 5) is 12.1. The van der Waals surface area contributed by atoms with Crippen molar-refractivity contribution in [2.75, 3.05) is 11.9 Å². The first kappa shape index (κ1) is 9.97. The molecule has 84 valence electrons. The van der Waals surface area contributed by atoms with Crippen LogP contribution in [-0.4, -0.2) is 12.5 Å². The van der Waals surface area contributed by atoms with Gasteiger partial charge in [0.05, 0.1) is 16.1 Å². The Bertz CT molecular complexity index is 454. The summed E-state index contributed by atoms with van der Waals surface area (Å²) < 4.78 is 5.69. The first-order valence-electron chi connectivity index (χ1n) is 5.44. The normalized spacial score (nSPS) is 21.4. The second kappa shape index (κ2) is 3.39. The highest BCUT2D eigenvalue weighted by atomic mass is 35.5. The van der Waals surface area contributed by atoms with Crippen LogP contribution in [0, 0.1) is 5.41 Å². The number of amides is 1. The first-order valence-corrected chi connectivity index (χ1v) is 5.82. The lowest BCUT2D eigenvalue weighted by Gasteiger charge is -2.37. The average Bonchev–Trinajstić information content (AvgIpc) is 2.34. The highest BCUT2D eigenvalue weighted by molar-refractivity contribution is 6.32. The SMILES string of the molecule is O=C1Nc2cccc(Cl)c2OCC12CCC2. The fourth-order valence-corrected chi connectivity index (χ4v) is 2.49. The molecule has 0 radical (unpaired) electrons. The Balaban J connectivity index is 2.00.